The van der Waals surface area contributed by atoms with Gasteiger partial charge in [0.25, 0.3) is 0 Å². The Labute approximate surface area is 95.3 Å². The van der Waals surface area contributed by atoms with E-state index in [1.165, 1.54) is 0 Å². The molecule has 5 nitrogen and oxygen atoms in total. The zero-order chi connectivity index (χ0) is 12.2. The molecule has 1 aromatic heterocycles. The summed E-state index contributed by atoms with van der Waals surface area (Å²) in [6.07, 6.45) is 4.73. The molecule has 1 rings (SSSR count). The van der Waals surface area contributed by atoms with E-state index in [1.54, 1.807) is 10.9 Å². The summed E-state index contributed by atoms with van der Waals surface area (Å²) in [4.78, 5) is 11.1. The SMILES string of the molecule is CC(C)C(N)(CCCn1cccn1)C(=O)O. The highest BCUT2D eigenvalue weighted by molar-refractivity contribution is 5.78. The molecule has 90 valence electrons. The Kier molecular flexibility index (Phi) is 4.06. The van der Waals surface area contributed by atoms with E-state index in [9.17, 15) is 4.79 Å². The first kappa shape index (κ1) is 12.7. The van der Waals surface area contributed by atoms with Crippen LogP contribution < -0.4 is 5.73 Å². The number of nitrogens with two attached hydrogens (primary N) is 1. The molecule has 3 N–H and O–H groups in total. The minimum atomic E-state index is -1.13. The average Bonchev–Trinajstić information content (AvgIpc) is 2.69. The van der Waals surface area contributed by atoms with E-state index in [2.05, 4.69) is 5.10 Å². The standard InChI is InChI=1S/C11H19N3O2/c1-9(2)11(12,10(15)16)5-3-7-14-8-4-6-13-14/h4,6,8-9H,3,5,7,12H2,1-2H3,(H,15,16). The maximum atomic E-state index is 11.1. The Morgan fingerprint density at radius 1 is 1.62 bits per heavy atom. The largest absolute Gasteiger partial charge is 0.480 e. The van der Waals surface area contributed by atoms with Crippen molar-refractivity contribution in [1.29, 1.82) is 0 Å². The molecule has 0 fully saturated rings. The van der Waals surface area contributed by atoms with Crippen molar-refractivity contribution in [2.45, 2.75) is 38.8 Å². The summed E-state index contributed by atoms with van der Waals surface area (Å²) in [6, 6.07) is 1.84. The molecule has 5 heteroatoms. The van der Waals surface area contributed by atoms with Crippen molar-refractivity contribution in [3.8, 4) is 0 Å². The van der Waals surface area contributed by atoms with E-state index in [1.807, 2.05) is 26.1 Å². The number of rotatable bonds is 6. The number of carboxylic acids is 1. The Morgan fingerprint density at radius 3 is 2.75 bits per heavy atom. The van der Waals surface area contributed by atoms with Crippen molar-refractivity contribution in [1.82, 2.24) is 9.78 Å². The molecule has 0 aromatic carbocycles. The fraction of sp³-hybridized carbons (Fsp3) is 0.636. The fourth-order valence-corrected chi connectivity index (χ4v) is 1.61. The molecule has 0 aliphatic heterocycles. The first-order chi connectivity index (χ1) is 7.47. The molecule has 0 spiro atoms. The molecular formula is C11H19N3O2. The number of nitrogens with zero attached hydrogens (tertiary/aromatic N) is 2. The molecule has 1 heterocycles. The van der Waals surface area contributed by atoms with Gasteiger partial charge in [0.05, 0.1) is 0 Å². The zero-order valence-electron chi connectivity index (χ0n) is 9.76. The monoisotopic (exact) mass is 225 g/mol. The maximum absolute atomic E-state index is 11.1. The molecule has 1 atom stereocenters. The van der Waals surface area contributed by atoms with Gasteiger partial charge in [-0.2, -0.15) is 5.10 Å². The van der Waals surface area contributed by atoms with Gasteiger partial charge in [0.2, 0.25) is 0 Å². The first-order valence-corrected chi connectivity index (χ1v) is 5.46. The molecule has 16 heavy (non-hydrogen) atoms. The molecule has 0 radical (unpaired) electrons. The lowest BCUT2D eigenvalue weighted by Gasteiger charge is -2.28. The van der Waals surface area contributed by atoms with Crippen LogP contribution in [-0.4, -0.2) is 26.4 Å². The normalized spacial score (nSPS) is 15.0. The second-order valence-electron chi connectivity index (χ2n) is 4.37. The second kappa shape index (κ2) is 5.12. The minimum absolute atomic E-state index is 0.0809. The van der Waals surface area contributed by atoms with Crippen LogP contribution >= 0.6 is 0 Å². The van der Waals surface area contributed by atoms with Crippen molar-refractivity contribution in [2.24, 2.45) is 11.7 Å². The topological polar surface area (TPSA) is 81.1 Å². The Balaban J connectivity index is 2.48. The van der Waals surface area contributed by atoms with Crippen LogP contribution in [0.4, 0.5) is 0 Å². The van der Waals surface area contributed by atoms with Crippen molar-refractivity contribution >= 4 is 5.97 Å². The highest BCUT2D eigenvalue weighted by Gasteiger charge is 2.36. The average molecular weight is 225 g/mol. The van der Waals surface area contributed by atoms with Gasteiger partial charge in [0, 0.05) is 18.9 Å². The van der Waals surface area contributed by atoms with Crippen molar-refractivity contribution in [3.63, 3.8) is 0 Å². The van der Waals surface area contributed by atoms with Gasteiger partial charge >= 0.3 is 5.97 Å². The minimum Gasteiger partial charge on any atom is -0.480 e. The van der Waals surface area contributed by atoms with Crippen molar-refractivity contribution in [2.75, 3.05) is 0 Å². The summed E-state index contributed by atoms with van der Waals surface area (Å²) >= 11 is 0. The summed E-state index contributed by atoms with van der Waals surface area (Å²) in [5.74, 6) is -1.01. The highest BCUT2D eigenvalue weighted by atomic mass is 16.4. The zero-order valence-corrected chi connectivity index (χ0v) is 9.76. The van der Waals surface area contributed by atoms with E-state index in [-0.39, 0.29) is 5.92 Å². The molecule has 0 aliphatic carbocycles. The molecule has 0 amide bonds. The van der Waals surface area contributed by atoms with Gasteiger partial charge in [-0.3, -0.25) is 9.48 Å². The highest BCUT2D eigenvalue weighted by Crippen LogP contribution is 2.20. The van der Waals surface area contributed by atoms with Gasteiger partial charge in [-0.05, 0) is 24.8 Å². The van der Waals surface area contributed by atoms with Gasteiger partial charge < -0.3 is 10.8 Å². The molecule has 0 saturated heterocycles. The predicted octanol–water partition coefficient (Wildman–Crippen LogP) is 1.10. The summed E-state index contributed by atoms with van der Waals surface area (Å²) in [7, 11) is 0. The number of carboxylic acid groups (broad SMARTS) is 1. The number of aryl methyl sites for hydroxylation is 1. The lowest BCUT2D eigenvalue weighted by molar-refractivity contribution is -0.145. The Bertz CT molecular complexity index is 335. The lowest BCUT2D eigenvalue weighted by Crippen LogP contribution is -2.52. The predicted molar refractivity (Wildman–Crippen MR) is 60.9 cm³/mol. The summed E-state index contributed by atoms with van der Waals surface area (Å²) in [6.45, 7) is 4.37. The Hall–Kier alpha value is -1.36. The number of hydrogen-bond donors (Lipinski definition) is 2. The Morgan fingerprint density at radius 2 is 2.31 bits per heavy atom. The van der Waals surface area contributed by atoms with Crippen LogP contribution in [0.3, 0.4) is 0 Å². The molecule has 0 saturated carbocycles. The van der Waals surface area contributed by atoms with E-state index >= 15 is 0 Å². The van der Waals surface area contributed by atoms with Crippen LogP contribution in [0.2, 0.25) is 0 Å². The van der Waals surface area contributed by atoms with E-state index in [0.29, 0.717) is 19.4 Å². The summed E-state index contributed by atoms with van der Waals surface area (Å²) in [5.41, 5.74) is 4.76. The molecule has 0 bridgehead atoms. The van der Waals surface area contributed by atoms with Crippen LogP contribution in [0.1, 0.15) is 26.7 Å². The van der Waals surface area contributed by atoms with Crippen LogP contribution in [0.5, 0.6) is 0 Å². The number of aliphatic carboxylic acids is 1. The smallest absolute Gasteiger partial charge is 0.323 e. The second-order valence-corrected chi connectivity index (χ2v) is 4.37. The number of aromatic nitrogens is 2. The number of hydrogen-bond acceptors (Lipinski definition) is 3. The van der Waals surface area contributed by atoms with Crippen molar-refractivity contribution in [3.05, 3.63) is 18.5 Å². The molecular weight excluding hydrogens is 206 g/mol. The third-order valence-electron chi connectivity index (χ3n) is 2.97. The maximum Gasteiger partial charge on any atom is 0.323 e. The summed E-state index contributed by atoms with van der Waals surface area (Å²) in [5, 5.41) is 13.2. The molecule has 1 aromatic rings. The van der Waals surface area contributed by atoms with E-state index < -0.39 is 11.5 Å². The molecule has 0 aliphatic rings. The van der Waals surface area contributed by atoms with E-state index in [4.69, 9.17) is 10.8 Å². The lowest BCUT2D eigenvalue weighted by atomic mass is 9.83. The van der Waals surface area contributed by atoms with Gasteiger partial charge in [-0.25, -0.2) is 0 Å². The van der Waals surface area contributed by atoms with Crippen LogP contribution in [0.15, 0.2) is 18.5 Å². The van der Waals surface area contributed by atoms with Crippen LogP contribution in [0, 0.1) is 5.92 Å². The van der Waals surface area contributed by atoms with Gasteiger partial charge in [0.1, 0.15) is 5.54 Å². The quantitative estimate of drug-likeness (QED) is 0.759. The summed E-state index contributed by atoms with van der Waals surface area (Å²) < 4.78 is 1.78. The van der Waals surface area contributed by atoms with Crippen LogP contribution in [0.25, 0.3) is 0 Å². The van der Waals surface area contributed by atoms with Gasteiger partial charge in [-0.1, -0.05) is 13.8 Å². The molecule has 1 unspecified atom stereocenters. The number of carbonyl (C=O) groups is 1. The van der Waals surface area contributed by atoms with Gasteiger partial charge in [-0.15, -0.1) is 0 Å². The van der Waals surface area contributed by atoms with Crippen molar-refractivity contribution < 1.29 is 9.90 Å². The van der Waals surface area contributed by atoms with E-state index in [0.717, 1.165) is 0 Å². The third-order valence-corrected chi connectivity index (χ3v) is 2.97. The van der Waals surface area contributed by atoms with Gasteiger partial charge in [0.15, 0.2) is 0 Å². The fourth-order valence-electron chi connectivity index (χ4n) is 1.61. The van der Waals surface area contributed by atoms with Crippen LogP contribution in [-0.2, 0) is 11.3 Å². The first-order valence-electron chi connectivity index (χ1n) is 5.46. The third kappa shape index (κ3) is 2.82.